The maximum absolute atomic E-state index is 11.7. The van der Waals surface area contributed by atoms with Crippen molar-refractivity contribution in [1.29, 1.82) is 0 Å². The summed E-state index contributed by atoms with van der Waals surface area (Å²) >= 11 is 0. The molecule has 0 aromatic heterocycles. The van der Waals surface area contributed by atoms with Gasteiger partial charge in [-0.25, -0.2) is 0 Å². The lowest BCUT2D eigenvalue weighted by Crippen LogP contribution is -2.17. The van der Waals surface area contributed by atoms with Gasteiger partial charge >= 0.3 is 6.18 Å². The van der Waals surface area contributed by atoms with Crippen molar-refractivity contribution in [3.63, 3.8) is 0 Å². The second-order valence-corrected chi connectivity index (χ2v) is 3.16. The first kappa shape index (κ1) is 11.8. The normalized spacial score (nSPS) is 11.7. The molecule has 0 aliphatic rings. The summed E-state index contributed by atoms with van der Waals surface area (Å²) in [5.41, 5.74) is 7.00. The first-order valence-electron chi connectivity index (χ1n) is 4.46. The Hall–Kier alpha value is -1.23. The van der Waals surface area contributed by atoms with Gasteiger partial charge in [-0.3, -0.25) is 0 Å². The number of halogens is 3. The van der Waals surface area contributed by atoms with Crippen LogP contribution in [0.5, 0.6) is 0 Å². The summed E-state index contributed by atoms with van der Waals surface area (Å²) in [6, 6.07) is 6.96. The van der Waals surface area contributed by atoms with Crippen molar-refractivity contribution in [2.45, 2.75) is 12.6 Å². The van der Waals surface area contributed by atoms with E-state index in [-0.39, 0.29) is 6.61 Å². The molecule has 15 heavy (non-hydrogen) atoms. The van der Waals surface area contributed by atoms with Crippen LogP contribution in [0.2, 0.25) is 0 Å². The van der Waals surface area contributed by atoms with E-state index in [0.717, 1.165) is 5.56 Å². The van der Waals surface area contributed by atoms with Crippen molar-refractivity contribution < 1.29 is 17.9 Å². The van der Waals surface area contributed by atoms with Crippen LogP contribution in [0.25, 0.3) is 0 Å². The van der Waals surface area contributed by atoms with Crippen molar-refractivity contribution >= 4 is 5.69 Å². The summed E-state index contributed by atoms with van der Waals surface area (Å²) in [5.74, 6) is 0. The van der Waals surface area contributed by atoms with Gasteiger partial charge < -0.3 is 10.5 Å². The van der Waals surface area contributed by atoms with Gasteiger partial charge in [-0.1, -0.05) is 12.1 Å². The molecule has 2 N–H and O–H groups in total. The molecule has 0 atom stereocenters. The molecule has 0 fully saturated rings. The first-order chi connectivity index (χ1) is 6.97. The van der Waals surface area contributed by atoms with Crippen LogP contribution in [-0.4, -0.2) is 19.4 Å². The Morgan fingerprint density at radius 3 is 2.27 bits per heavy atom. The molecule has 5 heteroatoms. The summed E-state index contributed by atoms with van der Waals surface area (Å²) in [6.07, 6.45) is -3.79. The standard InChI is InChI=1S/C10H12F3NO/c11-10(12,13)7-15-6-5-8-1-3-9(14)4-2-8/h1-4H,5-7,14H2. The Bertz CT molecular complexity index is 295. The number of ether oxygens (including phenoxy) is 1. The number of hydrogen-bond acceptors (Lipinski definition) is 2. The number of anilines is 1. The molecule has 0 spiro atoms. The van der Waals surface area contributed by atoms with Crippen LogP contribution in [0.4, 0.5) is 18.9 Å². The van der Waals surface area contributed by atoms with Crippen LogP contribution in [0.3, 0.4) is 0 Å². The average Bonchev–Trinajstić information content (AvgIpc) is 2.14. The smallest absolute Gasteiger partial charge is 0.399 e. The summed E-state index contributed by atoms with van der Waals surface area (Å²) in [5, 5.41) is 0. The van der Waals surface area contributed by atoms with Crippen LogP contribution >= 0.6 is 0 Å². The van der Waals surface area contributed by atoms with E-state index in [1.807, 2.05) is 0 Å². The highest BCUT2D eigenvalue weighted by molar-refractivity contribution is 5.39. The third-order valence-electron chi connectivity index (χ3n) is 1.78. The number of rotatable bonds is 4. The van der Waals surface area contributed by atoms with Crippen LogP contribution in [0.15, 0.2) is 24.3 Å². The second kappa shape index (κ2) is 5.02. The topological polar surface area (TPSA) is 35.2 Å². The number of hydrogen-bond donors (Lipinski definition) is 1. The predicted octanol–water partition coefficient (Wildman–Crippen LogP) is 2.39. The van der Waals surface area contributed by atoms with Crippen LogP contribution in [0, 0.1) is 0 Å². The molecular formula is C10H12F3NO. The fourth-order valence-electron chi connectivity index (χ4n) is 1.06. The third kappa shape index (κ3) is 5.27. The van der Waals surface area contributed by atoms with E-state index in [1.54, 1.807) is 24.3 Å². The Morgan fingerprint density at radius 1 is 1.13 bits per heavy atom. The molecule has 2 nitrogen and oxygen atoms in total. The zero-order valence-corrected chi connectivity index (χ0v) is 8.05. The molecular weight excluding hydrogens is 207 g/mol. The van der Waals surface area contributed by atoms with Gasteiger partial charge in [-0.2, -0.15) is 13.2 Å². The number of alkyl halides is 3. The molecule has 0 unspecified atom stereocenters. The fraction of sp³-hybridized carbons (Fsp3) is 0.400. The Balaban J connectivity index is 2.23. The average molecular weight is 219 g/mol. The number of nitrogens with two attached hydrogens (primary N) is 1. The molecule has 0 amide bonds. The maximum Gasteiger partial charge on any atom is 0.411 e. The van der Waals surface area contributed by atoms with Crippen LogP contribution in [0.1, 0.15) is 5.56 Å². The van der Waals surface area contributed by atoms with E-state index in [4.69, 9.17) is 5.73 Å². The Labute approximate surface area is 85.8 Å². The monoisotopic (exact) mass is 219 g/mol. The lowest BCUT2D eigenvalue weighted by Gasteiger charge is -2.07. The van der Waals surface area contributed by atoms with Gasteiger partial charge in [0.1, 0.15) is 6.61 Å². The summed E-state index contributed by atoms with van der Waals surface area (Å²) in [7, 11) is 0. The van der Waals surface area contributed by atoms with Crippen LogP contribution in [-0.2, 0) is 11.2 Å². The van der Waals surface area contributed by atoms with Crippen molar-refractivity contribution in [1.82, 2.24) is 0 Å². The lowest BCUT2D eigenvalue weighted by atomic mass is 10.1. The highest BCUT2D eigenvalue weighted by atomic mass is 19.4. The lowest BCUT2D eigenvalue weighted by molar-refractivity contribution is -0.173. The van der Waals surface area contributed by atoms with E-state index in [2.05, 4.69) is 4.74 Å². The highest BCUT2D eigenvalue weighted by Gasteiger charge is 2.27. The molecule has 1 aromatic carbocycles. The van der Waals surface area contributed by atoms with Gasteiger partial charge in [0.2, 0.25) is 0 Å². The quantitative estimate of drug-likeness (QED) is 0.623. The molecule has 0 aliphatic carbocycles. The van der Waals surface area contributed by atoms with Gasteiger partial charge in [0.15, 0.2) is 0 Å². The van der Waals surface area contributed by atoms with E-state index >= 15 is 0 Å². The SMILES string of the molecule is Nc1ccc(CCOCC(F)(F)F)cc1. The minimum Gasteiger partial charge on any atom is -0.399 e. The summed E-state index contributed by atoms with van der Waals surface area (Å²) in [6.45, 7) is -1.13. The van der Waals surface area contributed by atoms with E-state index in [0.29, 0.717) is 12.1 Å². The first-order valence-corrected chi connectivity index (χ1v) is 4.46. The van der Waals surface area contributed by atoms with Gasteiger partial charge in [-0.15, -0.1) is 0 Å². The van der Waals surface area contributed by atoms with Crippen molar-refractivity contribution in [2.75, 3.05) is 18.9 Å². The maximum atomic E-state index is 11.7. The van der Waals surface area contributed by atoms with Gasteiger partial charge in [0, 0.05) is 5.69 Å². The summed E-state index contributed by atoms with van der Waals surface area (Å²) in [4.78, 5) is 0. The second-order valence-electron chi connectivity index (χ2n) is 3.16. The molecule has 84 valence electrons. The highest BCUT2D eigenvalue weighted by Crippen LogP contribution is 2.14. The minimum atomic E-state index is -4.25. The number of nitrogen functional groups attached to an aromatic ring is 1. The molecule has 0 saturated heterocycles. The van der Waals surface area contributed by atoms with E-state index in [9.17, 15) is 13.2 Å². The van der Waals surface area contributed by atoms with Crippen molar-refractivity contribution in [3.8, 4) is 0 Å². The van der Waals surface area contributed by atoms with E-state index in [1.165, 1.54) is 0 Å². The fourth-order valence-corrected chi connectivity index (χ4v) is 1.06. The number of benzene rings is 1. The van der Waals surface area contributed by atoms with Crippen LogP contribution < -0.4 is 5.73 Å². The van der Waals surface area contributed by atoms with Gasteiger partial charge in [0.05, 0.1) is 6.61 Å². The van der Waals surface area contributed by atoms with Crippen molar-refractivity contribution in [3.05, 3.63) is 29.8 Å². The molecule has 0 bridgehead atoms. The van der Waals surface area contributed by atoms with Gasteiger partial charge in [0.25, 0.3) is 0 Å². The third-order valence-corrected chi connectivity index (χ3v) is 1.78. The van der Waals surface area contributed by atoms with E-state index < -0.39 is 12.8 Å². The van der Waals surface area contributed by atoms with Gasteiger partial charge in [-0.05, 0) is 24.1 Å². The molecule has 1 rings (SSSR count). The zero-order chi connectivity index (χ0) is 11.3. The molecule has 0 aliphatic heterocycles. The van der Waals surface area contributed by atoms with Crippen molar-refractivity contribution in [2.24, 2.45) is 0 Å². The predicted molar refractivity (Wildman–Crippen MR) is 51.4 cm³/mol. The minimum absolute atomic E-state index is 0.0590. The molecule has 0 radical (unpaired) electrons. The Morgan fingerprint density at radius 2 is 1.73 bits per heavy atom. The molecule has 0 heterocycles. The summed E-state index contributed by atoms with van der Waals surface area (Å²) < 4.78 is 39.6. The Kier molecular flexibility index (Phi) is 3.96. The zero-order valence-electron chi connectivity index (χ0n) is 8.05. The largest absolute Gasteiger partial charge is 0.411 e. The molecule has 1 aromatic rings. The molecule has 0 saturated carbocycles.